The minimum Gasteiger partial charge on any atom is -0.456 e. The van der Waals surface area contributed by atoms with Crippen LogP contribution in [0.2, 0.25) is 0 Å². The van der Waals surface area contributed by atoms with Crippen molar-refractivity contribution in [2.75, 3.05) is 19.6 Å². The van der Waals surface area contributed by atoms with Gasteiger partial charge in [-0.1, -0.05) is 360 Å². The van der Waals surface area contributed by atoms with Gasteiger partial charge >= 0.3 is 0 Å². The van der Waals surface area contributed by atoms with Gasteiger partial charge in [-0.05, 0) is 287 Å². The van der Waals surface area contributed by atoms with Gasteiger partial charge in [-0.3, -0.25) is 0 Å². The second-order valence-electron chi connectivity index (χ2n) is 42.1. The smallest absolute Gasteiger partial charge is 0.252 e. The normalized spacial score (nSPS) is 15.3. The molecule has 0 atom stereocenters. The van der Waals surface area contributed by atoms with Gasteiger partial charge < -0.3 is 24.0 Å². The number of hydrogen-bond acceptors (Lipinski definition) is 5. The summed E-state index contributed by atoms with van der Waals surface area (Å²) in [6.07, 6.45) is 0. The van der Waals surface area contributed by atoms with E-state index in [0.717, 1.165) is 101 Å². The number of hydrogen-bond donors (Lipinski definition) is 0. The molecule has 8 aliphatic rings. The lowest BCUT2D eigenvalue weighted by atomic mass is 9.33. The van der Waals surface area contributed by atoms with Crippen LogP contribution in [0.5, 0.6) is 0 Å². The standard InChI is InChI=1S/C130H97BN4O/c1-125(2,3)82-58-66-112(95(74-82)79-55-62-92-90-37-15-22-44-102(90)129(108(92)70-79)98-40-18-11-33-86(98)87-34-12-19-41-99(87)129)134-118-76-84(132-114-50-28-24-46-104(114)127(7,8)105-47-25-29-51-115(105)132)60-64-110(118)131-111-65-61-85(133-116-52-30-26-48-106(116)128(9,10)107-49-27-31-53-117(107)133)77-119(111)135(121-73-81(72-120(134)124(121)131)78-57-68-123-97(69-78)94-39-17-32-54-122(94)136-123)113-67-59-83(126(4,5)6)75-96(113)80-56-63-93-91-38-16-23-45-103(91)130(109(93)71-80)100-42-20-13-35-88(100)89-36-14-21-43-101(89)130/h11-77H,1-10H3. The van der Waals surface area contributed by atoms with Crippen LogP contribution in [0.15, 0.2) is 411 Å². The maximum atomic E-state index is 6.84. The van der Waals surface area contributed by atoms with Crippen LogP contribution in [-0.4, -0.2) is 6.71 Å². The van der Waals surface area contributed by atoms with Crippen molar-refractivity contribution in [2.24, 2.45) is 0 Å². The molecule has 0 saturated heterocycles. The van der Waals surface area contributed by atoms with E-state index in [1.807, 2.05) is 0 Å². The van der Waals surface area contributed by atoms with Gasteiger partial charge in [0.15, 0.2) is 0 Å². The summed E-state index contributed by atoms with van der Waals surface area (Å²) in [5, 5.41) is 2.15. The summed E-state index contributed by atoms with van der Waals surface area (Å²) in [4.78, 5) is 10.6. The van der Waals surface area contributed by atoms with E-state index in [4.69, 9.17) is 4.42 Å². The summed E-state index contributed by atoms with van der Waals surface area (Å²) in [5.74, 6) is 0. The van der Waals surface area contributed by atoms with Crippen LogP contribution in [0.1, 0.15) is 147 Å². The number of rotatable bonds is 7. The first-order valence-corrected chi connectivity index (χ1v) is 48.4. The molecule has 0 fully saturated rings. The summed E-state index contributed by atoms with van der Waals surface area (Å²) < 4.78 is 6.84. The quantitative estimate of drug-likeness (QED) is 0.148. The molecule has 0 amide bonds. The van der Waals surface area contributed by atoms with Gasteiger partial charge in [0.1, 0.15) is 11.2 Å². The molecule has 0 saturated carbocycles. The first-order chi connectivity index (χ1) is 66.2. The first kappa shape index (κ1) is 78.9. The van der Waals surface area contributed by atoms with E-state index in [-0.39, 0.29) is 28.4 Å². The van der Waals surface area contributed by atoms with Gasteiger partial charge in [-0.25, -0.2) is 0 Å². The highest BCUT2D eigenvalue weighted by Crippen LogP contribution is 2.67. The fraction of sp³-hybridized carbons (Fsp3) is 0.123. The Hall–Kier alpha value is -15.8. The largest absolute Gasteiger partial charge is 0.456 e. The average Bonchev–Trinajstić information content (AvgIpc) is 1.42. The Bertz CT molecular complexity index is 7990. The Morgan fingerprint density at radius 3 is 0.912 bits per heavy atom. The number of benzene rings is 19. The molecule has 0 radical (unpaired) electrons. The van der Waals surface area contributed by atoms with Crippen LogP contribution in [0.4, 0.5) is 68.2 Å². The highest BCUT2D eigenvalue weighted by atomic mass is 16.3. The summed E-state index contributed by atoms with van der Waals surface area (Å²) in [5.41, 5.74) is 51.5. The third kappa shape index (κ3) is 10.6. The molecular weight excluding hydrogens is 1640 g/mol. The summed E-state index contributed by atoms with van der Waals surface area (Å²) >= 11 is 0. The van der Waals surface area contributed by atoms with Gasteiger partial charge in [-0.15, -0.1) is 0 Å². The van der Waals surface area contributed by atoms with Crippen molar-refractivity contribution in [3.05, 3.63) is 484 Å². The molecule has 5 nitrogen and oxygen atoms in total. The zero-order valence-electron chi connectivity index (χ0n) is 78.0. The summed E-state index contributed by atoms with van der Waals surface area (Å²) in [6.45, 7) is 23.5. The zero-order valence-corrected chi connectivity index (χ0v) is 78.0. The number of furan rings is 1. The van der Waals surface area contributed by atoms with Crippen molar-refractivity contribution < 1.29 is 4.42 Å². The Labute approximate surface area is 795 Å². The molecule has 1 aromatic heterocycles. The van der Waals surface area contributed by atoms with Crippen molar-refractivity contribution in [3.63, 3.8) is 0 Å². The van der Waals surface area contributed by atoms with Crippen LogP contribution >= 0.6 is 0 Å². The van der Waals surface area contributed by atoms with Crippen molar-refractivity contribution >= 4 is 113 Å². The maximum absolute atomic E-state index is 6.84. The number of anilines is 12. The Balaban J connectivity index is 0.767. The topological polar surface area (TPSA) is 26.1 Å². The summed E-state index contributed by atoms with van der Waals surface area (Å²) in [6, 6.07) is 158. The van der Waals surface area contributed by atoms with Gasteiger partial charge in [0, 0.05) is 66.9 Å². The number of para-hydroxylation sites is 5. The van der Waals surface area contributed by atoms with E-state index in [2.05, 4.69) is 495 Å². The lowest BCUT2D eigenvalue weighted by Gasteiger charge is -2.47. The second kappa shape index (κ2) is 27.9. The van der Waals surface area contributed by atoms with Crippen LogP contribution in [0.25, 0.3) is 99.8 Å². The highest BCUT2D eigenvalue weighted by Gasteiger charge is 2.55. The molecule has 136 heavy (non-hydrogen) atoms. The number of nitrogens with zero attached hydrogens (tertiary/aromatic N) is 4. The third-order valence-electron chi connectivity index (χ3n) is 32.4. The van der Waals surface area contributed by atoms with Crippen molar-refractivity contribution in [2.45, 2.75) is 102 Å². The van der Waals surface area contributed by atoms with Gasteiger partial charge in [-0.2, -0.15) is 0 Å². The van der Waals surface area contributed by atoms with E-state index < -0.39 is 10.8 Å². The van der Waals surface area contributed by atoms with E-state index in [1.54, 1.807) is 0 Å². The fourth-order valence-corrected chi connectivity index (χ4v) is 26.1. The predicted octanol–water partition coefficient (Wildman–Crippen LogP) is 32.2. The van der Waals surface area contributed by atoms with Crippen molar-refractivity contribution in [3.8, 4) is 77.9 Å². The molecule has 5 heterocycles. The molecule has 19 aromatic carbocycles. The summed E-state index contributed by atoms with van der Waals surface area (Å²) in [7, 11) is 0. The first-order valence-electron chi connectivity index (χ1n) is 48.4. The third-order valence-corrected chi connectivity index (χ3v) is 32.4. The van der Waals surface area contributed by atoms with E-state index >= 15 is 0 Å². The molecule has 646 valence electrons. The molecule has 6 heteroatoms. The molecule has 4 aliphatic heterocycles. The molecule has 28 rings (SSSR count). The highest BCUT2D eigenvalue weighted by molar-refractivity contribution is 7.00. The number of fused-ring (bicyclic) bond motifs is 31. The average molecular weight is 1740 g/mol. The second-order valence-corrected chi connectivity index (χ2v) is 42.1. The lowest BCUT2D eigenvalue weighted by molar-refractivity contribution is 0.590. The molecule has 0 N–H and O–H groups in total. The minimum absolute atomic E-state index is 0.256. The predicted molar refractivity (Wildman–Crippen MR) is 568 cm³/mol. The van der Waals surface area contributed by atoms with Crippen LogP contribution in [0.3, 0.4) is 0 Å². The van der Waals surface area contributed by atoms with Crippen LogP contribution < -0.4 is 36.0 Å². The van der Waals surface area contributed by atoms with Gasteiger partial charge in [0.25, 0.3) is 6.71 Å². The van der Waals surface area contributed by atoms with Crippen molar-refractivity contribution in [1.82, 2.24) is 0 Å². The SMILES string of the molecule is CC(C)(C)c1ccc(N2c3cc(N4c5ccccc5C(C)(C)c5ccccc54)ccc3B3c4ccc(N5c6ccccc6C(C)(C)c6ccccc65)cc4N(c4ccc(C(C)(C)C)cc4-c4ccc5c(c4)C4(c6ccccc6-c6ccccc64)c4ccccc4-5)c4cc(-c5ccc6oc7ccccc7c6c5)cc2c43)c(-c2ccc3c(c2)C2(c4ccccc4-c4ccccc42)c2ccccc2-3)c1. The van der Waals surface area contributed by atoms with Crippen molar-refractivity contribution in [1.29, 1.82) is 0 Å². The zero-order chi connectivity index (χ0) is 91.1. The van der Waals surface area contributed by atoms with Crippen LogP contribution in [-0.2, 0) is 32.5 Å². The van der Waals surface area contributed by atoms with Gasteiger partial charge in [0.2, 0.25) is 0 Å². The molecule has 0 bridgehead atoms. The fourth-order valence-electron chi connectivity index (χ4n) is 26.1. The molecule has 0 unspecified atom stereocenters. The van der Waals surface area contributed by atoms with E-state index in [0.29, 0.717) is 0 Å². The van der Waals surface area contributed by atoms with Gasteiger partial charge in [0.05, 0.1) is 45.0 Å². The minimum atomic E-state index is -0.598. The Morgan fingerprint density at radius 1 is 0.213 bits per heavy atom. The Kier molecular flexibility index (Phi) is 16.2. The monoisotopic (exact) mass is 1740 g/mol. The van der Waals surface area contributed by atoms with E-state index in [9.17, 15) is 0 Å². The molecular formula is C130H97BN4O. The van der Waals surface area contributed by atoms with E-state index in [1.165, 1.54) is 162 Å². The molecule has 4 aliphatic carbocycles. The Morgan fingerprint density at radius 2 is 0.537 bits per heavy atom. The lowest BCUT2D eigenvalue weighted by Crippen LogP contribution is -2.61. The molecule has 20 aromatic rings. The molecule has 2 spiro atoms. The maximum Gasteiger partial charge on any atom is 0.252 e. The van der Waals surface area contributed by atoms with Crippen LogP contribution in [0, 0.1) is 0 Å².